The van der Waals surface area contributed by atoms with Crippen LogP contribution in [0.25, 0.3) is 6.08 Å². The third-order valence-corrected chi connectivity index (χ3v) is 4.53. The van der Waals surface area contributed by atoms with Crippen molar-refractivity contribution in [2.45, 2.75) is 39.1 Å². The minimum absolute atomic E-state index is 0.0840. The monoisotopic (exact) mass is 408 g/mol. The molecule has 0 spiro atoms. The molecular formula is C25H28O5. The van der Waals surface area contributed by atoms with Gasteiger partial charge in [0.05, 0.1) is 0 Å². The van der Waals surface area contributed by atoms with Gasteiger partial charge in [-0.3, -0.25) is 4.79 Å². The first kappa shape index (κ1) is 23.3. The first-order chi connectivity index (χ1) is 14.2. The molecule has 0 aromatic heterocycles. The van der Waals surface area contributed by atoms with Crippen LogP contribution in [0.1, 0.15) is 48.2 Å². The Labute approximate surface area is 177 Å². The minimum atomic E-state index is -3.26. The van der Waals surface area contributed by atoms with Crippen molar-refractivity contribution >= 4 is 11.9 Å². The molecule has 2 rings (SSSR count). The third kappa shape index (κ3) is 7.44. The quantitative estimate of drug-likeness (QED) is 0.163. The first-order valence-corrected chi connectivity index (χ1v) is 9.75. The highest BCUT2D eigenvalue weighted by atomic mass is 16.7. The molecule has 5 heteroatoms. The van der Waals surface area contributed by atoms with Crippen LogP contribution in [-0.2, 0) is 6.42 Å². The van der Waals surface area contributed by atoms with Crippen LogP contribution in [0.5, 0.6) is 0 Å². The summed E-state index contributed by atoms with van der Waals surface area (Å²) < 4.78 is 0. The predicted molar refractivity (Wildman–Crippen MR) is 118 cm³/mol. The number of carbonyl (C=O) groups is 1. The van der Waals surface area contributed by atoms with Gasteiger partial charge >= 0.3 is 5.97 Å². The van der Waals surface area contributed by atoms with E-state index in [0.717, 1.165) is 16.7 Å². The summed E-state index contributed by atoms with van der Waals surface area (Å²) in [5.74, 6) is -4.19. The molecule has 4 N–H and O–H groups in total. The summed E-state index contributed by atoms with van der Waals surface area (Å²) in [6.45, 7) is 3.90. The summed E-state index contributed by atoms with van der Waals surface area (Å²) in [6.07, 6.45) is 6.42. The lowest BCUT2D eigenvalue weighted by atomic mass is 9.97. The lowest BCUT2D eigenvalue weighted by Gasteiger charge is -2.18. The summed E-state index contributed by atoms with van der Waals surface area (Å²) in [4.78, 5) is 12.2. The molecule has 0 amide bonds. The van der Waals surface area contributed by atoms with Gasteiger partial charge in [0, 0.05) is 5.56 Å². The largest absolute Gasteiger partial charge is 0.505 e. The Kier molecular flexibility index (Phi) is 8.30. The molecule has 0 saturated heterocycles. The van der Waals surface area contributed by atoms with Crippen LogP contribution in [-0.4, -0.2) is 32.2 Å². The lowest BCUT2D eigenvalue weighted by molar-refractivity contribution is -0.299. The Morgan fingerprint density at radius 2 is 1.60 bits per heavy atom. The summed E-state index contributed by atoms with van der Waals surface area (Å²) in [7, 11) is 0. The molecule has 30 heavy (non-hydrogen) atoms. The molecular weight excluding hydrogens is 380 g/mol. The highest BCUT2D eigenvalue weighted by Crippen LogP contribution is 2.22. The Bertz CT molecular complexity index is 926. The van der Waals surface area contributed by atoms with Crippen molar-refractivity contribution < 1.29 is 25.2 Å². The van der Waals surface area contributed by atoms with E-state index in [1.54, 1.807) is 18.2 Å². The van der Waals surface area contributed by atoms with E-state index in [9.17, 15) is 25.2 Å². The summed E-state index contributed by atoms with van der Waals surface area (Å²) in [5.41, 5.74) is 3.72. The van der Waals surface area contributed by atoms with Crippen LogP contribution in [0.15, 0.2) is 83.7 Å². The number of benzene rings is 2. The second-order valence-electron chi connectivity index (χ2n) is 7.39. The Hall–Kier alpha value is -2.99. The number of carbonyl (C=O) groups excluding carboxylic acids is 1. The van der Waals surface area contributed by atoms with Crippen LogP contribution in [0, 0.1) is 0 Å². The van der Waals surface area contributed by atoms with Crippen molar-refractivity contribution in [3.63, 3.8) is 0 Å². The van der Waals surface area contributed by atoms with Crippen LogP contribution >= 0.6 is 0 Å². The maximum absolute atomic E-state index is 12.2. The smallest absolute Gasteiger partial charge is 0.337 e. The van der Waals surface area contributed by atoms with Gasteiger partial charge in [0.15, 0.2) is 11.5 Å². The zero-order valence-corrected chi connectivity index (χ0v) is 17.2. The van der Waals surface area contributed by atoms with Crippen LogP contribution < -0.4 is 0 Å². The second kappa shape index (κ2) is 10.7. The molecule has 0 atom stereocenters. The van der Waals surface area contributed by atoms with Crippen LogP contribution in [0.4, 0.5) is 0 Å². The maximum Gasteiger partial charge on any atom is 0.337 e. The standard InChI is InChI=1S/C25H28O5/c1-18(2)7-6-10-22(24(27)25(28,29)30)17-20-13-11-19(12-14-20)15-16-23(26)21-8-4-3-5-9-21/h3-5,7-9,11-16,27-30H,6,10,17H2,1-2H3/b16-15?,24-22+. The molecule has 158 valence electrons. The average molecular weight is 408 g/mol. The van der Waals surface area contributed by atoms with Crippen molar-refractivity contribution in [3.05, 3.63) is 100 Å². The van der Waals surface area contributed by atoms with Crippen LogP contribution in [0.2, 0.25) is 0 Å². The van der Waals surface area contributed by atoms with Gasteiger partial charge in [-0.2, -0.15) is 0 Å². The molecule has 0 aliphatic rings. The Morgan fingerprint density at radius 1 is 0.967 bits per heavy atom. The second-order valence-corrected chi connectivity index (χ2v) is 7.39. The normalized spacial score (nSPS) is 12.6. The van der Waals surface area contributed by atoms with Crippen molar-refractivity contribution in [1.82, 2.24) is 0 Å². The molecule has 0 bridgehead atoms. The summed E-state index contributed by atoms with van der Waals surface area (Å²) in [5, 5.41) is 38.1. The van der Waals surface area contributed by atoms with Gasteiger partial charge in [0.1, 0.15) is 0 Å². The van der Waals surface area contributed by atoms with Crippen LogP contribution in [0.3, 0.4) is 0 Å². The maximum atomic E-state index is 12.2. The highest BCUT2D eigenvalue weighted by molar-refractivity contribution is 6.06. The molecule has 0 aliphatic heterocycles. The summed E-state index contributed by atoms with van der Waals surface area (Å²) >= 11 is 0. The number of allylic oxidation sites excluding steroid dienone is 4. The van der Waals surface area contributed by atoms with E-state index in [4.69, 9.17) is 0 Å². The first-order valence-electron chi connectivity index (χ1n) is 9.75. The van der Waals surface area contributed by atoms with Crippen molar-refractivity contribution in [3.8, 4) is 0 Å². The molecule has 0 radical (unpaired) electrons. The van der Waals surface area contributed by atoms with E-state index in [-0.39, 0.29) is 12.2 Å². The SMILES string of the molecule is CC(C)=CCC/C(Cc1ccc(C=CC(=O)c2ccccc2)cc1)=C(\O)C(O)(O)O. The molecule has 5 nitrogen and oxygen atoms in total. The highest BCUT2D eigenvalue weighted by Gasteiger charge is 2.28. The average Bonchev–Trinajstić information content (AvgIpc) is 2.71. The number of rotatable bonds is 9. The number of hydrogen-bond donors (Lipinski definition) is 4. The number of aliphatic hydroxyl groups excluding tert-OH is 1. The third-order valence-electron chi connectivity index (χ3n) is 4.53. The van der Waals surface area contributed by atoms with Gasteiger partial charge in [0.2, 0.25) is 0 Å². The number of ketones is 1. The topological polar surface area (TPSA) is 98.0 Å². The molecule has 2 aromatic carbocycles. The fourth-order valence-electron chi connectivity index (χ4n) is 2.93. The van der Waals surface area contributed by atoms with Gasteiger partial charge in [-0.05, 0) is 55.9 Å². The van der Waals surface area contributed by atoms with Crippen molar-refractivity contribution in [2.24, 2.45) is 0 Å². The van der Waals surface area contributed by atoms with Gasteiger partial charge in [-0.25, -0.2) is 0 Å². The van der Waals surface area contributed by atoms with E-state index in [1.165, 1.54) is 6.08 Å². The van der Waals surface area contributed by atoms with Crippen molar-refractivity contribution in [2.75, 3.05) is 0 Å². The molecule has 0 aliphatic carbocycles. The Balaban J connectivity index is 2.12. The zero-order valence-electron chi connectivity index (χ0n) is 17.2. The Morgan fingerprint density at radius 3 is 2.17 bits per heavy atom. The van der Waals surface area contributed by atoms with E-state index >= 15 is 0 Å². The minimum Gasteiger partial charge on any atom is -0.505 e. The number of aliphatic hydroxyl groups is 4. The van der Waals surface area contributed by atoms with E-state index < -0.39 is 11.7 Å². The lowest BCUT2D eigenvalue weighted by Crippen LogP contribution is -2.31. The zero-order chi connectivity index (χ0) is 22.1. The fourth-order valence-corrected chi connectivity index (χ4v) is 2.93. The van der Waals surface area contributed by atoms with Gasteiger partial charge in [-0.15, -0.1) is 0 Å². The predicted octanol–water partition coefficient (Wildman–Crippen LogP) is 4.31. The van der Waals surface area contributed by atoms with Gasteiger partial charge in [0.25, 0.3) is 0 Å². The molecule has 0 heterocycles. The molecule has 0 saturated carbocycles. The van der Waals surface area contributed by atoms with E-state index in [0.29, 0.717) is 24.0 Å². The molecule has 2 aromatic rings. The van der Waals surface area contributed by atoms with Gasteiger partial charge in [-0.1, -0.05) is 72.3 Å². The summed E-state index contributed by atoms with van der Waals surface area (Å²) in [6, 6.07) is 16.3. The fraction of sp³-hybridized carbons (Fsp3) is 0.240. The van der Waals surface area contributed by atoms with Crippen molar-refractivity contribution in [1.29, 1.82) is 0 Å². The van der Waals surface area contributed by atoms with E-state index in [2.05, 4.69) is 0 Å². The van der Waals surface area contributed by atoms with Gasteiger partial charge < -0.3 is 20.4 Å². The molecule has 0 unspecified atom stereocenters. The molecule has 0 fully saturated rings. The van der Waals surface area contributed by atoms with E-state index in [1.807, 2.05) is 62.4 Å². The number of hydrogen-bond acceptors (Lipinski definition) is 5.